The molecule has 0 amide bonds. The van der Waals surface area contributed by atoms with Crippen LogP contribution in [0.15, 0.2) is 39.9 Å². The van der Waals surface area contributed by atoms with Crippen LogP contribution in [0.2, 0.25) is 0 Å². The zero-order valence-corrected chi connectivity index (χ0v) is 17.9. The molecule has 0 aliphatic carbocycles. The minimum absolute atomic E-state index is 0.0625. The molecule has 158 valence electrons. The van der Waals surface area contributed by atoms with Crippen molar-refractivity contribution in [2.24, 2.45) is 14.1 Å². The van der Waals surface area contributed by atoms with Gasteiger partial charge in [-0.05, 0) is 26.0 Å². The van der Waals surface area contributed by atoms with Crippen molar-refractivity contribution in [3.05, 3.63) is 73.7 Å². The number of aromatic nitrogens is 4. The number of carbonyl (C=O) groups excluding carboxylic acids is 1. The number of likely N-dealkylation sites (N-methyl/N-ethyl adjacent to an activating group) is 1. The van der Waals surface area contributed by atoms with Crippen molar-refractivity contribution < 1.29 is 9.69 Å². The lowest BCUT2D eigenvalue weighted by molar-refractivity contribution is -0.884. The average Bonchev–Trinajstić information content (AvgIpc) is 2.99. The second kappa shape index (κ2) is 8.11. The highest BCUT2D eigenvalue weighted by molar-refractivity contribution is 6.00. The summed E-state index contributed by atoms with van der Waals surface area (Å²) in [6.45, 7) is 4.56. The second-order valence-corrected chi connectivity index (χ2v) is 7.60. The number of benzene rings is 1. The van der Waals surface area contributed by atoms with E-state index in [0.717, 1.165) is 36.7 Å². The number of para-hydroxylation sites is 1. The Balaban J connectivity index is 1.85. The van der Waals surface area contributed by atoms with Crippen molar-refractivity contribution >= 4 is 11.6 Å². The Hall–Kier alpha value is -3.46. The van der Waals surface area contributed by atoms with Crippen molar-refractivity contribution in [2.75, 3.05) is 19.3 Å². The molecule has 0 aliphatic heterocycles. The molecule has 0 fully saturated rings. The standard InChI is InChI=1S/C21H26N6O3/c1-13-16(14(2)27(23-13)15-9-7-6-8-10-15)11-24(3)12-17(28)18-19(22)25(4)21(30)26(5)20(18)29/h6-10H,11-12,22H2,1-5H3/p+1. The minimum atomic E-state index is -0.669. The van der Waals surface area contributed by atoms with E-state index < -0.39 is 17.0 Å². The van der Waals surface area contributed by atoms with Crippen LogP contribution in [0.1, 0.15) is 27.3 Å². The quantitative estimate of drug-likeness (QED) is 0.525. The number of nitrogens with two attached hydrogens (primary N) is 1. The van der Waals surface area contributed by atoms with E-state index in [4.69, 9.17) is 5.73 Å². The number of aryl methyl sites for hydroxylation is 1. The van der Waals surface area contributed by atoms with Gasteiger partial charge in [0.15, 0.2) is 0 Å². The Morgan fingerprint density at radius 3 is 2.37 bits per heavy atom. The first-order chi connectivity index (χ1) is 14.1. The maximum Gasteiger partial charge on any atom is 0.332 e. The van der Waals surface area contributed by atoms with Crippen molar-refractivity contribution in [3.63, 3.8) is 0 Å². The minimum Gasteiger partial charge on any atom is -0.384 e. The number of hydrogen-bond donors (Lipinski definition) is 2. The van der Waals surface area contributed by atoms with E-state index in [1.807, 2.05) is 55.9 Å². The molecule has 0 saturated heterocycles. The van der Waals surface area contributed by atoms with Crippen LogP contribution in [-0.4, -0.2) is 38.3 Å². The Labute approximate surface area is 174 Å². The average molecular weight is 411 g/mol. The number of ketones is 1. The van der Waals surface area contributed by atoms with Gasteiger partial charge in [-0.1, -0.05) is 18.2 Å². The normalized spacial score (nSPS) is 12.2. The molecular weight excluding hydrogens is 384 g/mol. The first-order valence-electron chi connectivity index (χ1n) is 9.64. The van der Waals surface area contributed by atoms with Crippen LogP contribution in [0.4, 0.5) is 5.82 Å². The molecular formula is C21H27N6O3+. The number of nitrogen functional groups attached to an aromatic ring is 1. The van der Waals surface area contributed by atoms with Gasteiger partial charge in [0.05, 0.1) is 29.7 Å². The summed E-state index contributed by atoms with van der Waals surface area (Å²) in [6.07, 6.45) is 0. The van der Waals surface area contributed by atoms with Gasteiger partial charge in [0.2, 0.25) is 5.78 Å². The first-order valence-corrected chi connectivity index (χ1v) is 9.64. The van der Waals surface area contributed by atoms with Crippen LogP contribution in [0.25, 0.3) is 5.69 Å². The van der Waals surface area contributed by atoms with Gasteiger partial charge in [0.1, 0.15) is 24.5 Å². The Kier molecular flexibility index (Phi) is 5.75. The fraction of sp³-hybridized carbons (Fsp3) is 0.333. The molecule has 1 aromatic carbocycles. The molecule has 0 aliphatic rings. The predicted molar refractivity (Wildman–Crippen MR) is 114 cm³/mol. The van der Waals surface area contributed by atoms with E-state index >= 15 is 0 Å². The third kappa shape index (κ3) is 3.71. The number of hydrogen-bond acceptors (Lipinski definition) is 5. The molecule has 9 heteroatoms. The van der Waals surface area contributed by atoms with E-state index in [2.05, 4.69) is 5.10 Å². The Morgan fingerprint density at radius 1 is 1.10 bits per heavy atom. The smallest absolute Gasteiger partial charge is 0.332 e. The summed E-state index contributed by atoms with van der Waals surface area (Å²) in [5.74, 6) is -0.503. The summed E-state index contributed by atoms with van der Waals surface area (Å²) in [5.41, 5.74) is 8.44. The zero-order chi connectivity index (χ0) is 22.2. The highest BCUT2D eigenvalue weighted by Gasteiger charge is 2.24. The maximum absolute atomic E-state index is 12.8. The molecule has 3 rings (SSSR count). The SMILES string of the molecule is Cc1nn(-c2ccccc2)c(C)c1C[NH+](C)CC(=O)c1c(N)n(C)c(=O)n(C)c1=O. The van der Waals surface area contributed by atoms with Gasteiger partial charge in [-0.25, -0.2) is 9.48 Å². The number of anilines is 1. The molecule has 30 heavy (non-hydrogen) atoms. The van der Waals surface area contributed by atoms with Crippen molar-refractivity contribution in [1.82, 2.24) is 18.9 Å². The third-order valence-electron chi connectivity index (χ3n) is 5.37. The molecule has 0 saturated carbocycles. The fourth-order valence-corrected chi connectivity index (χ4v) is 3.60. The topological polar surface area (TPSA) is 109 Å². The van der Waals surface area contributed by atoms with Crippen LogP contribution >= 0.6 is 0 Å². The van der Waals surface area contributed by atoms with Gasteiger partial charge in [0.25, 0.3) is 5.56 Å². The number of Topliss-reactive ketones (excluding diaryl/α,β-unsaturated/α-hetero) is 1. The summed E-state index contributed by atoms with van der Waals surface area (Å²) >= 11 is 0. The Morgan fingerprint density at radius 2 is 1.73 bits per heavy atom. The lowest BCUT2D eigenvalue weighted by Crippen LogP contribution is -3.08. The highest BCUT2D eigenvalue weighted by Crippen LogP contribution is 2.17. The Bertz CT molecular complexity index is 1220. The zero-order valence-electron chi connectivity index (χ0n) is 17.9. The van der Waals surface area contributed by atoms with E-state index in [-0.39, 0.29) is 17.9 Å². The number of nitrogens with one attached hydrogen (secondary N) is 1. The van der Waals surface area contributed by atoms with Gasteiger partial charge < -0.3 is 10.6 Å². The van der Waals surface area contributed by atoms with Gasteiger partial charge >= 0.3 is 5.69 Å². The molecule has 1 unspecified atom stereocenters. The van der Waals surface area contributed by atoms with Crippen LogP contribution in [0.3, 0.4) is 0 Å². The fourth-order valence-electron chi connectivity index (χ4n) is 3.60. The second-order valence-electron chi connectivity index (χ2n) is 7.60. The van der Waals surface area contributed by atoms with Gasteiger partial charge in [-0.15, -0.1) is 0 Å². The molecule has 0 spiro atoms. The van der Waals surface area contributed by atoms with Crippen molar-refractivity contribution in [1.29, 1.82) is 0 Å². The van der Waals surface area contributed by atoms with E-state index in [1.165, 1.54) is 14.1 Å². The summed E-state index contributed by atoms with van der Waals surface area (Å²) < 4.78 is 3.90. The first kappa shape index (κ1) is 21.3. The van der Waals surface area contributed by atoms with Crippen LogP contribution in [0.5, 0.6) is 0 Å². The third-order valence-corrected chi connectivity index (χ3v) is 5.37. The number of rotatable bonds is 6. The predicted octanol–water partition coefficient (Wildman–Crippen LogP) is -0.634. The summed E-state index contributed by atoms with van der Waals surface area (Å²) in [4.78, 5) is 38.1. The molecule has 3 aromatic rings. The maximum atomic E-state index is 12.8. The van der Waals surface area contributed by atoms with Gasteiger partial charge in [0, 0.05) is 14.1 Å². The molecule has 9 nitrogen and oxygen atoms in total. The molecule has 0 radical (unpaired) electrons. The van der Waals surface area contributed by atoms with E-state index in [9.17, 15) is 14.4 Å². The summed E-state index contributed by atoms with van der Waals surface area (Å²) in [6, 6.07) is 9.84. The van der Waals surface area contributed by atoms with Gasteiger partial charge in [-0.3, -0.25) is 18.7 Å². The van der Waals surface area contributed by atoms with E-state index in [1.54, 1.807) is 0 Å². The highest BCUT2D eigenvalue weighted by atomic mass is 16.2. The number of quaternary nitrogens is 1. The largest absolute Gasteiger partial charge is 0.384 e. The molecule has 2 heterocycles. The molecule has 1 atom stereocenters. The van der Waals surface area contributed by atoms with Crippen molar-refractivity contribution in [2.45, 2.75) is 20.4 Å². The van der Waals surface area contributed by atoms with Crippen LogP contribution in [0, 0.1) is 13.8 Å². The van der Waals surface area contributed by atoms with Crippen LogP contribution in [-0.2, 0) is 20.6 Å². The lowest BCUT2D eigenvalue weighted by Gasteiger charge is -2.15. The molecule has 0 bridgehead atoms. The van der Waals surface area contributed by atoms with Crippen LogP contribution < -0.4 is 21.9 Å². The monoisotopic (exact) mass is 411 g/mol. The van der Waals surface area contributed by atoms with E-state index in [0.29, 0.717) is 6.54 Å². The molecule has 2 aromatic heterocycles. The summed E-state index contributed by atoms with van der Waals surface area (Å²) in [7, 11) is 4.65. The lowest BCUT2D eigenvalue weighted by atomic mass is 10.1. The van der Waals surface area contributed by atoms with Gasteiger partial charge in [-0.2, -0.15) is 5.10 Å². The number of carbonyl (C=O) groups is 1. The van der Waals surface area contributed by atoms with Crippen molar-refractivity contribution in [3.8, 4) is 5.69 Å². The number of nitrogens with zero attached hydrogens (tertiary/aromatic N) is 4. The summed E-state index contributed by atoms with van der Waals surface area (Å²) in [5, 5.41) is 4.64. The molecule has 3 N–H and O–H groups in total.